The number of ether oxygens (including phenoxy) is 2. The highest BCUT2D eigenvalue weighted by atomic mass is 16.5. The molecule has 2 aromatic carbocycles. The molecule has 0 aliphatic rings. The van der Waals surface area contributed by atoms with Crippen LogP contribution in [0.25, 0.3) is 22.9 Å². The summed E-state index contributed by atoms with van der Waals surface area (Å²) in [6.45, 7) is 1.51. The molecule has 0 radical (unpaired) electrons. The molecule has 2 amide bonds. The molecule has 13 nitrogen and oxygen atoms in total. The number of rotatable bonds is 12. The fourth-order valence-corrected chi connectivity index (χ4v) is 4.38. The lowest BCUT2D eigenvalue weighted by atomic mass is 10.1. The van der Waals surface area contributed by atoms with E-state index in [-0.39, 0.29) is 11.6 Å². The number of aromatic nitrogens is 4. The average molecular weight is 575 g/mol. The molecule has 2 N–H and O–H groups in total. The summed E-state index contributed by atoms with van der Waals surface area (Å²) < 4.78 is 14.0. The second kappa shape index (κ2) is 13.0. The topological polar surface area (TPSA) is 136 Å². The van der Waals surface area contributed by atoms with Crippen LogP contribution in [-0.4, -0.2) is 84.8 Å². The molecule has 0 atom stereocenters. The monoisotopic (exact) mass is 574 g/mol. The standard InChI is InChI=1S/C29H34N8O5/c1-34(2)13-14-35(3)23-17-25(42-6)21(15-19(23)7-10-27(39)31-18-38)32-28-30-12-11-26(33-28)37-22-9-8-20(41-5)16-24(22)36(4)29(37)40/h7-12,15-18H,13-14H2,1-6H3,(H,30,32,33)(H,31,38,39). The number of nitrogens with zero attached hydrogens (tertiary/aromatic N) is 6. The van der Waals surface area contributed by atoms with E-state index in [9.17, 15) is 14.4 Å². The van der Waals surface area contributed by atoms with Crippen LogP contribution in [0.1, 0.15) is 5.56 Å². The number of benzene rings is 2. The molecule has 0 fully saturated rings. The third kappa shape index (κ3) is 6.41. The Hall–Kier alpha value is -5.17. The minimum atomic E-state index is -0.550. The number of likely N-dealkylation sites (N-methyl/N-ethyl adjacent to an activating group) is 2. The van der Waals surface area contributed by atoms with Crippen molar-refractivity contribution in [1.82, 2.24) is 29.3 Å². The summed E-state index contributed by atoms with van der Waals surface area (Å²) in [5, 5.41) is 5.29. The van der Waals surface area contributed by atoms with Crippen LogP contribution in [0.2, 0.25) is 0 Å². The molecule has 13 heteroatoms. The van der Waals surface area contributed by atoms with Gasteiger partial charge in [-0.2, -0.15) is 4.98 Å². The van der Waals surface area contributed by atoms with E-state index in [4.69, 9.17) is 9.47 Å². The third-order valence-electron chi connectivity index (χ3n) is 6.64. The fourth-order valence-electron chi connectivity index (χ4n) is 4.38. The molecule has 0 saturated heterocycles. The second-order valence-corrected chi connectivity index (χ2v) is 9.69. The maximum atomic E-state index is 13.2. The molecule has 0 aliphatic heterocycles. The Morgan fingerprint density at radius 3 is 2.52 bits per heavy atom. The predicted molar refractivity (Wildman–Crippen MR) is 162 cm³/mol. The number of nitrogens with one attached hydrogen (secondary N) is 2. The van der Waals surface area contributed by atoms with Gasteiger partial charge in [-0.3, -0.25) is 19.5 Å². The first-order valence-corrected chi connectivity index (χ1v) is 13.0. The minimum absolute atomic E-state index is 0.227. The van der Waals surface area contributed by atoms with Gasteiger partial charge in [-0.1, -0.05) is 0 Å². The number of imidazole rings is 1. The van der Waals surface area contributed by atoms with Gasteiger partial charge in [0.2, 0.25) is 18.3 Å². The van der Waals surface area contributed by atoms with Gasteiger partial charge in [-0.15, -0.1) is 0 Å². The second-order valence-electron chi connectivity index (χ2n) is 9.69. The van der Waals surface area contributed by atoms with Crippen LogP contribution in [0.15, 0.2) is 53.5 Å². The van der Waals surface area contributed by atoms with Gasteiger partial charge in [-0.25, -0.2) is 14.3 Å². The summed E-state index contributed by atoms with van der Waals surface area (Å²) in [4.78, 5) is 49.0. The lowest BCUT2D eigenvalue weighted by molar-refractivity contribution is -0.121. The van der Waals surface area contributed by atoms with Crippen molar-refractivity contribution >= 4 is 46.7 Å². The first-order chi connectivity index (χ1) is 20.2. The number of anilines is 3. The maximum absolute atomic E-state index is 13.2. The van der Waals surface area contributed by atoms with Crippen LogP contribution >= 0.6 is 0 Å². The van der Waals surface area contributed by atoms with E-state index in [0.717, 1.165) is 12.2 Å². The largest absolute Gasteiger partial charge is 0.497 e. The average Bonchev–Trinajstić information content (AvgIpc) is 3.23. The number of amides is 2. The van der Waals surface area contributed by atoms with Gasteiger partial charge in [-0.05, 0) is 38.4 Å². The van der Waals surface area contributed by atoms with E-state index in [1.807, 2.05) is 32.1 Å². The van der Waals surface area contributed by atoms with Gasteiger partial charge in [0, 0.05) is 68.9 Å². The molecule has 0 unspecified atom stereocenters. The number of methoxy groups -OCH3 is 2. The molecular weight excluding hydrogens is 540 g/mol. The molecule has 0 aliphatic carbocycles. The molecule has 2 aromatic heterocycles. The van der Waals surface area contributed by atoms with Crippen molar-refractivity contribution in [1.29, 1.82) is 0 Å². The van der Waals surface area contributed by atoms with Crippen molar-refractivity contribution in [2.24, 2.45) is 7.05 Å². The van der Waals surface area contributed by atoms with E-state index in [1.165, 1.54) is 15.2 Å². The summed E-state index contributed by atoms with van der Waals surface area (Å²) in [5.74, 6) is 1.20. The highest BCUT2D eigenvalue weighted by Gasteiger charge is 2.17. The van der Waals surface area contributed by atoms with Gasteiger partial charge < -0.3 is 24.6 Å². The zero-order valence-corrected chi connectivity index (χ0v) is 24.4. The van der Waals surface area contributed by atoms with Gasteiger partial charge >= 0.3 is 5.69 Å². The number of imide groups is 1. The lowest BCUT2D eigenvalue weighted by Gasteiger charge is -2.25. The SMILES string of the molecule is COc1ccc2c(c1)n(C)c(=O)n2-c1ccnc(Nc2cc(C=CC(=O)NC=O)c(N(C)CCN(C)C)cc2OC)n1. The van der Waals surface area contributed by atoms with E-state index in [0.29, 0.717) is 52.6 Å². The summed E-state index contributed by atoms with van der Waals surface area (Å²) in [6.07, 6.45) is 4.79. The quantitative estimate of drug-likeness (QED) is 0.191. The maximum Gasteiger partial charge on any atom is 0.334 e. The van der Waals surface area contributed by atoms with Gasteiger partial charge in [0.05, 0.1) is 30.9 Å². The highest BCUT2D eigenvalue weighted by Crippen LogP contribution is 2.35. The van der Waals surface area contributed by atoms with E-state index < -0.39 is 5.91 Å². The molecule has 0 saturated carbocycles. The van der Waals surface area contributed by atoms with E-state index in [2.05, 4.69) is 25.5 Å². The Kier molecular flexibility index (Phi) is 9.22. The van der Waals surface area contributed by atoms with Crippen LogP contribution in [0, 0.1) is 0 Å². The van der Waals surface area contributed by atoms with Crippen molar-refractivity contribution in [3.8, 4) is 17.3 Å². The summed E-state index contributed by atoms with van der Waals surface area (Å²) in [6, 6.07) is 10.7. The molecule has 220 valence electrons. The van der Waals surface area contributed by atoms with Crippen LogP contribution in [-0.2, 0) is 16.6 Å². The van der Waals surface area contributed by atoms with Crippen LogP contribution in [0.5, 0.6) is 11.5 Å². The lowest BCUT2D eigenvalue weighted by Crippen LogP contribution is -2.29. The van der Waals surface area contributed by atoms with Crippen molar-refractivity contribution in [2.45, 2.75) is 0 Å². The van der Waals surface area contributed by atoms with Crippen molar-refractivity contribution in [3.63, 3.8) is 0 Å². The number of aryl methyl sites for hydroxylation is 1. The van der Waals surface area contributed by atoms with E-state index in [1.54, 1.807) is 63.9 Å². The first-order valence-electron chi connectivity index (χ1n) is 13.0. The van der Waals surface area contributed by atoms with Crippen LogP contribution in [0.3, 0.4) is 0 Å². The Morgan fingerprint density at radius 1 is 1.05 bits per heavy atom. The number of hydrogen-bond acceptors (Lipinski definition) is 10. The number of carbonyl (C=O) groups is 2. The predicted octanol–water partition coefficient (Wildman–Crippen LogP) is 2.16. The number of fused-ring (bicyclic) bond motifs is 1. The van der Waals surface area contributed by atoms with E-state index >= 15 is 0 Å². The Labute approximate surface area is 243 Å². The first kappa shape index (κ1) is 29.8. The van der Waals surface area contributed by atoms with Crippen molar-refractivity contribution in [2.75, 3.05) is 58.7 Å². The highest BCUT2D eigenvalue weighted by molar-refractivity contribution is 5.98. The summed E-state index contributed by atoms with van der Waals surface area (Å²) in [5.41, 5.74) is 3.11. The van der Waals surface area contributed by atoms with Gasteiger partial charge in [0.1, 0.15) is 17.3 Å². The fraction of sp³-hybridized carbons (Fsp3) is 0.276. The van der Waals surface area contributed by atoms with Crippen molar-refractivity contribution in [3.05, 3.63) is 64.7 Å². The summed E-state index contributed by atoms with van der Waals surface area (Å²) >= 11 is 0. The molecular formula is C29H34N8O5. The Bertz CT molecular complexity index is 1690. The molecule has 2 heterocycles. The van der Waals surface area contributed by atoms with Gasteiger partial charge in [0.25, 0.3) is 0 Å². The molecule has 42 heavy (non-hydrogen) atoms. The molecule has 4 aromatic rings. The molecule has 0 bridgehead atoms. The zero-order valence-electron chi connectivity index (χ0n) is 24.4. The minimum Gasteiger partial charge on any atom is -0.497 e. The summed E-state index contributed by atoms with van der Waals surface area (Å²) in [7, 11) is 10.7. The Morgan fingerprint density at radius 2 is 1.83 bits per heavy atom. The Balaban J connectivity index is 1.75. The third-order valence-corrected chi connectivity index (χ3v) is 6.64. The zero-order chi connectivity index (χ0) is 30.4. The molecule has 4 rings (SSSR count). The van der Waals surface area contributed by atoms with Crippen LogP contribution in [0.4, 0.5) is 17.3 Å². The number of hydrogen-bond donors (Lipinski definition) is 2. The van der Waals surface area contributed by atoms with Crippen LogP contribution < -0.4 is 30.7 Å². The normalized spacial score (nSPS) is 11.2. The number of carbonyl (C=O) groups excluding carboxylic acids is 2. The molecule has 0 spiro atoms. The smallest absolute Gasteiger partial charge is 0.334 e. The van der Waals surface area contributed by atoms with Crippen molar-refractivity contribution < 1.29 is 19.1 Å². The van der Waals surface area contributed by atoms with Gasteiger partial charge in [0.15, 0.2) is 0 Å².